The topological polar surface area (TPSA) is 80.2 Å². The van der Waals surface area contributed by atoms with Gasteiger partial charge in [0.15, 0.2) is 20.7 Å². The van der Waals surface area contributed by atoms with Crippen LogP contribution in [-0.4, -0.2) is 52.5 Å². The van der Waals surface area contributed by atoms with E-state index in [2.05, 4.69) is 9.97 Å². The van der Waals surface area contributed by atoms with Crippen LogP contribution in [0.5, 0.6) is 0 Å². The van der Waals surface area contributed by atoms with Gasteiger partial charge in [-0.05, 0) is 29.9 Å². The van der Waals surface area contributed by atoms with Crippen molar-refractivity contribution in [1.82, 2.24) is 14.9 Å². The highest BCUT2D eigenvalue weighted by molar-refractivity contribution is 7.99. The number of rotatable bonds is 6. The molecule has 1 aliphatic heterocycles. The molecule has 3 rings (SSSR count). The first kappa shape index (κ1) is 21.4. The van der Waals surface area contributed by atoms with Crippen molar-refractivity contribution in [1.29, 1.82) is 0 Å². The van der Waals surface area contributed by atoms with Gasteiger partial charge in [0.25, 0.3) is 5.91 Å². The minimum absolute atomic E-state index is 0.0609. The van der Waals surface area contributed by atoms with Crippen LogP contribution in [0.2, 0.25) is 10.0 Å². The van der Waals surface area contributed by atoms with E-state index in [1.807, 2.05) is 13.0 Å². The highest BCUT2D eigenvalue weighted by atomic mass is 35.5. The van der Waals surface area contributed by atoms with E-state index < -0.39 is 21.8 Å². The third-order valence-electron chi connectivity index (χ3n) is 4.35. The maximum Gasteiger partial charge on any atom is 0.274 e. The molecule has 1 amide bonds. The Morgan fingerprint density at radius 1 is 1.36 bits per heavy atom. The monoisotopic (exact) mass is 459 g/mol. The van der Waals surface area contributed by atoms with Crippen LogP contribution < -0.4 is 0 Å². The molecule has 28 heavy (non-hydrogen) atoms. The molecule has 0 spiro atoms. The summed E-state index contributed by atoms with van der Waals surface area (Å²) in [6.07, 6.45) is 1.79. The quantitative estimate of drug-likeness (QED) is 0.483. The maximum atomic E-state index is 13.3. The molecule has 1 aliphatic rings. The summed E-state index contributed by atoms with van der Waals surface area (Å²) in [5.74, 6) is 0.333. The highest BCUT2D eigenvalue weighted by Gasteiger charge is 2.36. The summed E-state index contributed by atoms with van der Waals surface area (Å²) < 4.78 is 24.0. The largest absolute Gasteiger partial charge is 0.329 e. The maximum absolute atomic E-state index is 13.3. The van der Waals surface area contributed by atoms with E-state index >= 15 is 0 Å². The first-order chi connectivity index (χ1) is 13.3. The minimum Gasteiger partial charge on any atom is -0.329 e. The standard InChI is InChI=1S/C18H19Cl2N3O3S2/c1-2-27-18-21-9-15(20)16(22-18)17(24)23(14-6-7-28(25,26)11-14)10-12-4-3-5-13(19)8-12/h3-5,8-9,14H,2,6-7,10-11H2,1H3/t14-/m0/s1. The second kappa shape index (κ2) is 8.98. The van der Waals surface area contributed by atoms with Crippen LogP contribution in [0.4, 0.5) is 0 Å². The van der Waals surface area contributed by atoms with Crippen molar-refractivity contribution >= 4 is 50.7 Å². The summed E-state index contributed by atoms with van der Waals surface area (Å²) in [7, 11) is -3.17. The van der Waals surface area contributed by atoms with Crippen molar-refractivity contribution in [3.8, 4) is 0 Å². The predicted molar refractivity (Wildman–Crippen MR) is 112 cm³/mol. The Morgan fingerprint density at radius 2 is 2.14 bits per heavy atom. The number of sulfone groups is 1. The molecule has 10 heteroatoms. The third-order valence-corrected chi connectivity index (χ3v) is 7.36. The summed E-state index contributed by atoms with van der Waals surface area (Å²) in [6, 6.07) is 6.69. The zero-order valence-electron chi connectivity index (χ0n) is 15.1. The molecule has 0 saturated carbocycles. The van der Waals surface area contributed by atoms with Crippen LogP contribution >= 0.6 is 35.0 Å². The second-order valence-corrected chi connectivity index (χ2v) is 10.7. The van der Waals surface area contributed by atoms with Gasteiger partial charge >= 0.3 is 0 Å². The van der Waals surface area contributed by atoms with E-state index in [0.717, 1.165) is 11.3 Å². The van der Waals surface area contributed by atoms with Crippen LogP contribution in [0, 0.1) is 0 Å². The summed E-state index contributed by atoms with van der Waals surface area (Å²) >= 11 is 13.7. The van der Waals surface area contributed by atoms with Crippen molar-refractivity contribution in [2.45, 2.75) is 31.1 Å². The fraction of sp³-hybridized carbons (Fsp3) is 0.389. The minimum atomic E-state index is -3.17. The zero-order valence-corrected chi connectivity index (χ0v) is 18.3. The molecular weight excluding hydrogens is 441 g/mol. The summed E-state index contributed by atoms with van der Waals surface area (Å²) in [5, 5.41) is 1.14. The lowest BCUT2D eigenvalue weighted by atomic mass is 10.1. The highest BCUT2D eigenvalue weighted by Crippen LogP contribution is 2.26. The molecule has 1 atom stereocenters. The second-order valence-electron chi connectivity index (χ2n) is 6.40. The average Bonchev–Trinajstić information content (AvgIpc) is 3.00. The number of hydrogen-bond donors (Lipinski definition) is 0. The predicted octanol–water partition coefficient (Wildman–Crippen LogP) is 3.72. The molecule has 1 aromatic heterocycles. The van der Waals surface area contributed by atoms with Gasteiger partial charge in [0.05, 0.1) is 22.7 Å². The van der Waals surface area contributed by atoms with Gasteiger partial charge in [0.2, 0.25) is 0 Å². The van der Waals surface area contributed by atoms with Crippen LogP contribution in [0.3, 0.4) is 0 Å². The van der Waals surface area contributed by atoms with Gasteiger partial charge in [-0.25, -0.2) is 18.4 Å². The Balaban J connectivity index is 1.96. The first-order valence-corrected chi connectivity index (χ1v) is 12.3. The van der Waals surface area contributed by atoms with Crippen molar-refractivity contribution in [2.24, 2.45) is 0 Å². The van der Waals surface area contributed by atoms with Crippen molar-refractivity contribution < 1.29 is 13.2 Å². The van der Waals surface area contributed by atoms with Crippen LogP contribution in [0.15, 0.2) is 35.6 Å². The average molecular weight is 460 g/mol. The number of amides is 1. The van der Waals surface area contributed by atoms with E-state index in [1.165, 1.54) is 22.9 Å². The van der Waals surface area contributed by atoms with Crippen molar-refractivity contribution in [2.75, 3.05) is 17.3 Å². The molecular formula is C18H19Cl2N3O3S2. The van der Waals surface area contributed by atoms with E-state index in [-0.39, 0.29) is 28.8 Å². The Bertz CT molecular complexity index is 986. The lowest BCUT2D eigenvalue weighted by molar-refractivity contribution is 0.0674. The smallest absolute Gasteiger partial charge is 0.274 e. The molecule has 1 saturated heterocycles. The molecule has 2 aromatic rings. The fourth-order valence-electron chi connectivity index (χ4n) is 3.06. The Kier molecular flexibility index (Phi) is 6.85. The number of aromatic nitrogens is 2. The number of carbonyl (C=O) groups is 1. The summed E-state index contributed by atoms with van der Waals surface area (Å²) in [4.78, 5) is 23.3. The Morgan fingerprint density at radius 3 is 2.79 bits per heavy atom. The molecule has 0 unspecified atom stereocenters. The number of halogens is 2. The van der Waals surface area contributed by atoms with E-state index in [0.29, 0.717) is 16.6 Å². The van der Waals surface area contributed by atoms with Gasteiger partial charge in [-0.3, -0.25) is 4.79 Å². The molecule has 0 N–H and O–H groups in total. The Labute approximate surface area is 178 Å². The van der Waals surface area contributed by atoms with Gasteiger partial charge in [0, 0.05) is 17.6 Å². The lowest BCUT2D eigenvalue weighted by Gasteiger charge is -2.28. The normalized spacial score (nSPS) is 18.2. The Hall–Kier alpha value is -1.35. The molecule has 0 aliphatic carbocycles. The zero-order chi connectivity index (χ0) is 20.3. The lowest BCUT2D eigenvalue weighted by Crippen LogP contribution is -2.41. The van der Waals surface area contributed by atoms with Gasteiger partial charge < -0.3 is 4.90 Å². The molecule has 1 fully saturated rings. The van der Waals surface area contributed by atoms with Gasteiger partial charge in [-0.2, -0.15) is 0 Å². The van der Waals surface area contributed by atoms with E-state index in [1.54, 1.807) is 18.2 Å². The fourth-order valence-corrected chi connectivity index (χ4v) is 5.71. The summed E-state index contributed by atoms with van der Waals surface area (Å²) in [5.41, 5.74) is 0.887. The summed E-state index contributed by atoms with van der Waals surface area (Å²) in [6.45, 7) is 2.18. The van der Waals surface area contributed by atoms with Crippen LogP contribution in [-0.2, 0) is 16.4 Å². The van der Waals surface area contributed by atoms with Crippen LogP contribution in [0.1, 0.15) is 29.4 Å². The first-order valence-electron chi connectivity index (χ1n) is 8.70. The van der Waals surface area contributed by atoms with Gasteiger partial charge in [-0.1, -0.05) is 54.0 Å². The van der Waals surface area contributed by atoms with E-state index in [9.17, 15) is 13.2 Å². The number of benzene rings is 1. The third kappa shape index (κ3) is 5.17. The SMILES string of the molecule is CCSc1ncc(Cl)c(C(=O)N(Cc2cccc(Cl)c2)[C@H]2CCS(=O)(=O)C2)n1. The molecule has 150 valence electrons. The molecule has 0 radical (unpaired) electrons. The number of nitrogens with zero attached hydrogens (tertiary/aromatic N) is 3. The van der Waals surface area contributed by atoms with Gasteiger partial charge in [-0.15, -0.1) is 0 Å². The number of thioether (sulfide) groups is 1. The number of carbonyl (C=O) groups excluding carboxylic acids is 1. The molecule has 2 heterocycles. The van der Waals surface area contributed by atoms with Gasteiger partial charge in [0.1, 0.15) is 0 Å². The molecule has 0 bridgehead atoms. The van der Waals surface area contributed by atoms with Crippen LogP contribution in [0.25, 0.3) is 0 Å². The number of hydrogen-bond acceptors (Lipinski definition) is 6. The van der Waals surface area contributed by atoms with Crippen molar-refractivity contribution in [3.05, 3.63) is 51.8 Å². The van der Waals surface area contributed by atoms with Crippen molar-refractivity contribution in [3.63, 3.8) is 0 Å². The molecule has 6 nitrogen and oxygen atoms in total. The molecule has 1 aromatic carbocycles. The van der Waals surface area contributed by atoms with E-state index in [4.69, 9.17) is 23.2 Å².